The number of sulfonamides is 1. The molecule has 0 bridgehead atoms. The predicted molar refractivity (Wildman–Crippen MR) is 168 cm³/mol. The quantitative estimate of drug-likeness (QED) is 0.245. The third kappa shape index (κ3) is 7.32. The van der Waals surface area contributed by atoms with Gasteiger partial charge in [-0.25, -0.2) is 19.7 Å². The lowest BCUT2D eigenvalue weighted by Crippen LogP contribution is -2.37. The summed E-state index contributed by atoms with van der Waals surface area (Å²) in [5, 5.41) is -0.342. The van der Waals surface area contributed by atoms with E-state index in [1.165, 1.54) is 18.2 Å². The van der Waals surface area contributed by atoms with Crippen molar-refractivity contribution in [2.24, 2.45) is 0 Å². The molecule has 4 heterocycles. The number of carbonyl (C=O) groups is 1. The van der Waals surface area contributed by atoms with Crippen LogP contribution >= 0.6 is 0 Å². The van der Waals surface area contributed by atoms with E-state index in [2.05, 4.69) is 33.4 Å². The van der Waals surface area contributed by atoms with Crippen molar-refractivity contribution in [1.29, 1.82) is 0 Å². The van der Waals surface area contributed by atoms with E-state index in [1.54, 1.807) is 24.4 Å². The standard InChI is InChI=1S/C32H36N6O5S/c1-21-12-13-22(2)38(21)31-26(32(39)37-44(40,41)30-11-7-10-28(33)36-30)15-16-27(35-31)25-14-17-29(34-18-25)43-23(3)19-42-20-24-8-5-4-6-9-24/h4-11,14-18,21-23H,12-13,19-20H2,1-3H3,(H2,33,36)(H,37,39)/t21-,22?,23+/m0/s1. The molecular weight excluding hydrogens is 580 g/mol. The maximum atomic E-state index is 13.4. The number of carbonyl (C=O) groups excluding carboxylic acids is 1. The summed E-state index contributed by atoms with van der Waals surface area (Å²) >= 11 is 0. The third-order valence-corrected chi connectivity index (χ3v) is 8.61. The molecule has 1 aliphatic heterocycles. The topological polar surface area (TPSA) is 150 Å². The van der Waals surface area contributed by atoms with Crippen molar-refractivity contribution in [3.63, 3.8) is 0 Å². The second kappa shape index (κ2) is 13.4. The van der Waals surface area contributed by atoms with E-state index < -0.39 is 15.9 Å². The molecule has 4 aromatic rings. The highest BCUT2D eigenvalue weighted by Crippen LogP contribution is 2.33. The Morgan fingerprint density at radius 3 is 2.43 bits per heavy atom. The summed E-state index contributed by atoms with van der Waals surface area (Å²) in [5.74, 6) is 0.0724. The number of pyridine rings is 3. The minimum absolute atomic E-state index is 0.0302. The molecule has 5 rings (SSSR count). The number of nitrogens with two attached hydrogens (primary N) is 1. The number of hydrogen-bond donors (Lipinski definition) is 2. The number of aromatic nitrogens is 3. The van der Waals surface area contributed by atoms with Crippen LogP contribution in [0.15, 0.2) is 84.0 Å². The molecule has 1 amide bonds. The van der Waals surface area contributed by atoms with Gasteiger partial charge in [-0.1, -0.05) is 36.4 Å². The van der Waals surface area contributed by atoms with Crippen molar-refractivity contribution < 1.29 is 22.7 Å². The Kier molecular flexibility index (Phi) is 9.40. The molecule has 230 valence electrons. The first-order valence-corrected chi connectivity index (χ1v) is 15.9. The normalized spacial score (nSPS) is 17.3. The Morgan fingerprint density at radius 2 is 1.75 bits per heavy atom. The molecule has 0 saturated carbocycles. The van der Waals surface area contributed by atoms with E-state index >= 15 is 0 Å². The fraction of sp³-hybridized carbons (Fsp3) is 0.312. The first-order chi connectivity index (χ1) is 21.1. The Labute approximate surface area is 257 Å². The SMILES string of the molecule is CC1CC[C@H](C)N1c1nc(-c2ccc(O[C@H](C)COCc3ccccc3)nc2)ccc1C(=O)NS(=O)(=O)c1cccc(N)n1. The highest BCUT2D eigenvalue weighted by molar-refractivity contribution is 7.90. The van der Waals surface area contributed by atoms with Crippen molar-refractivity contribution in [2.45, 2.75) is 63.4 Å². The van der Waals surface area contributed by atoms with Crippen molar-refractivity contribution in [3.05, 3.63) is 90.1 Å². The van der Waals surface area contributed by atoms with Gasteiger partial charge in [0.1, 0.15) is 17.7 Å². The van der Waals surface area contributed by atoms with E-state index in [4.69, 9.17) is 20.2 Å². The highest BCUT2D eigenvalue weighted by atomic mass is 32.2. The zero-order valence-electron chi connectivity index (χ0n) is 24.9. The largest absolute Gasteiger partial charge is 0.472 e. The van der Waals surface area contributed by atoms with Gasteiger partial charge in [0.2, 0.25) is 5.88 Å². The van der Waals surface area contributed by atoms with E-state index in [0.717, 1.165) is 24.0 Å². The summed E-state index contributed by atoms with van der Waals surface area (Å²) in [5.41, 5.74) is 8.19. The van der Waals surface area contributed by atoms with Gasteiger partial charge in [-0.3, -0.25) is 4.79 Å². The van der Waals surface area contributed by atoms with E-state index in [1.807, 2.05) is 43.3 Å². The van der Waals surface area contributed by atoms with Crippen LogP contribution in [0.3, 0.4) is 0 Å². The molecular formula is C32H36N6O5S. The summed E-state index contributed by atoms with van der Waals surface area (Å²) in [6.07, 6.45) is 3.28. The molecule has 0 radical (unpaired) electrons. The highest BCUT2D eigenvalue weighted by Gasteiger charge is 2.33. The lowest BCUT2D eigenvalue weighted by molar-refractivity contribution is 0.0473. The van der Waals surface area contributed by atoms with Crippen LogP contribution in [0.2, 0.25) is 0 Å². The average Bonchev–Trinajstić information content (AvgIpc) is 3.34. The van der Waals surface area contributed by atoms with Gasteiger partial charge in [0.15, 0.2) is 5.03 Å². The summed E-state index contributed by atoms with van der Waals surface area (Å²) in [6, 6.07) is 21.2. The first-order valence-electron chi connectivity index (χ1n) is 14.4. The molecule has 3 aromatic heterocycles. The molecule has 3 N–H and O–H groups in total. The maximum Gasteiger partial charge on any atom is 0.281 e. The summed E-state index contributed by atoms with van der Waals surface area (Å²) in [7, 11) is -4.26. The average molecular weight is 617 g/mol. The van der Waals surface area contributed by atoms with Crippen LogP contribution in [-0.2, 0) is 21.4 Å². The van der Waals surface area contributed by atoms with Gasteiger partial charge in [0.05, 0.1) is 24.5 Å². The minimum Gasteiger partial charge on any atom is -0.472 e. The monoisotopic (exact) mass is 616 g/mol. The van der Waals surface area contributed by atoms with Crippen LogP contribution in [0, 0.1) is 0 Å². The smallest absolute Gasteiger partial charge is 0.281 e. The minimum atomic E-state index is -4.26. The van der Waals surface area contributed by atoms with Gasteiger partial charge in [-0.15, -0.1) is 0 Å². The van der Waals surface area contributed by atoms with Crippen LogP contribution in [-0.4, -0.2) is 54.1 Å². The molecule has 1 unspecified atom stereocenters. The lowest BCUT2D eigenvalue weighted by Gasteiger charge is -2.29. The molecule has 0 aliphatic carbocycles. The van der Waals surface area contributed by atoms with E-state index in [-0.39, 0.29) is 34.6 Å². The van der Waals surface area contributed by atoms with Crippen molar-refractivity contribution >= 4 is 27.6 Å². The number of rotatable bonds is 11. The number of amides is 1. The third-order valence-electron chi connectivity index (χ3n) is 7.38. The number of ether oxygens (including phenoxy) is 2. The van der Waals surface area contributed by atoms with Gasteiger partial charge >= 0.3 is 0 Å². The van der Waals surface area contributed by atoms with Crippen LogP contribution in [0.5, 0.6) is 5.88 Å². The fourth-order valence-electron chi connectivity index (χ4n) is 5.16. The van der Waals surface area contributed by atoms with Gasteiger partial charge in [0, 0.05) is 29.9 Å². The van der Waals surface area contributed by atoms with Crippen molar-refractivity contribution in [2.75, 3.05) is 17.2 Å². The summed E-state index contributed by atoms with van der Waals surface area (Å²) in [4.78, 5) is 28.6. The van der Waals surface area contributed by atoms with Gasteiger partial charge in [-0.05, 0) is 69.5 Å². The zero-order chi connectivity index (χ0) is 31.3. The van der Waals surface area contributed by atoms with Gasteiger partial charge < -0.3 is 20.1 Å². The molecule has 0 spiro atoms. The van der Waals surface area contributed by atoms with Crippen molar-refractivity contribution in [3.8, 4) is 17.1 Å². The Morgan fingerprint density at radius 1 is 1.00 bits per heavy atom. The number of nitrogens with zero attached hydrogens (tertiary/aromatic N) is 4. The number of hydrogen-bond acceptors (Lipinski definition) is 10. The van der Waals surface area contributed by atoms with Crippen LogP contribution < -0.4 is 20.1 Å². The maximum absolute atomic E-state index is 13.4. The molecule has 11 nitrogen and oxygen atoms in total. The zero-order valence-corrected chi connectivity index (χ0v) is 25.7. The number of nitrogen functional groups attached to an aromatic ring is 1. The molecule has 12 heteroatoms. The van der Waals surface area contributed by atoms with Gasteiger partial charge in [-0.2, -0.15) is 8.42 Å². The Hall–Kier alpha value is -4.55. The van der Waals surface area contributed by atoms with E-state index in [0.29, 0.717) is 30.6 Å². The lowest BCUT2D eigenvalue weighted by atomic mass is 10.1. The van der Waals surface area contributed by atoms with Crippen LogP contribution in [0.25, 0.3) is 11.3 Å². The molecule has 3 atom stereocenters. The summed E-state index contributed by atoms with van der Waals surface area (Å²) < 4.78 is 39.7. The van der Waals surface area contributed by atoms with Gasteiger partial charge in [0.25, 0.3) is 15.9 Å². The Balaban J connectivity index is 1.33. The number of nitrogens with one attached hydrogen (secondary N) is 1. The Bertz CT molecular complexity index is 1690. The van der Waals surface area contributed by atoms with Crippen molar-refractivity contribution in [1.82, 2.24) is 19.7 Å². The molecule has 1 aliphatic rings. The molecule has 44 heavy (non-hydrogen) atoms. The van der Waals surface area contributed by atoms with Crippen LogP contribution in [0.1, 0.15) is 49.5 Å². The first kappa shape index (κ1) is 30.9. The second-order valence-corrected chi connectivity index (χ2v) is 12.5. The molecule has 1 saturated heterocycles. The number of benzene rings is 1. The van der Waals surface area contributed by atoms with E-state index in [9.17, 15) is 13.2 Å². The second-order valence-electron chi connectivity index (χ2n) is 10.9. The molecule has 1 aromatic carbocycles. The number of anilines is 2. The molecule has 1 fully saturated rings. The summed E-state index contributed by atoms with van der Waals surface area (Å²) in [6.45, 7) is 6.94. The van der Waals surface area contributed by atoms with Crippen LogP contribution in [0.4, 0.5) is 11.6 Å². The fourth-order valence-corrected chi connectivity index (χ4v) is 6.11. The predicted octanol–water partition coefficient (Wildman–Crippen LogP) is 4.60.